The minimum atomic E-state index is -0.469. The van der Waals surface area contributed by atoms with E-state index in [0.29, 0.717) is 0 Å². The summed E-state index contributed by atoms with van der Waals surface area (Å²) in [7, 11) is 0. The molecule has 0 spiro atoms. The number of piperidine rings is 1. The highest BCUT2D eigenvalue weighted by atomic mass is 79.9. The normalized spacial score (nSPS) is 19.0. The molecule has 2 heterocycles. The van der Waals surface area contributed by atoms with Gasteiger partial charge in [0.1, 0.15) is 11.4 Å². The first kappa shape index (κ1) is 17.1. The van der Waals surface area contributed by atoms with Gasteiger partial charge < -0.3 is 15.0 Å². The molecule has 0 aromatic carbocycles. The Morgan fingerprint density at radius 2 is 2.23 bits per heavy atom. The van der Waals surface area contributed by atoms with E-state index in [1.54, 1.807) is 0 Å². The van der Waals surface area contributed by atoms with Gasteiger partial charge in [-0.1, -0.05) is 0 Å². The SMILES string of the molecule is Cc1cc(N2CCC[C@@H](NC(=O)OC(C)(C)C)C2)ncc1Br. The molecule has 122 valence electrons. The number of pyridine rings is 1. The third kappa shape index (κ3) is 4.87. The maximum absolute atomic E-state index is 11.9. The fraction of sp³-hybridized carbons (Fsp3) is 0.625. The van der Waals surface area contributed by atoms with E-state index in [9.17, 15) is 4.79 Å². The van der Waals surface area contributed by atoms with Crippen LogP contribution in [0.2, 0.25) is 0 Å². The molecule has 1 saturated heterocycles. The number of hydrogen-bond donors (Lipinski definition) is 1. The van der Waals surface area contributed by atoms with Crippen LogP contribution in [-0.4, -0.2) is 35.8 Å². The fourth-order valence-corrected chi connectivity index (χ4v) is 2.69. The number of alkyl carbamates (subject to hydrolysis) is 1. The van der Waals surface area contributed by atoms with Gasteiger partial charge in [0, 0.05) is 29.8 Å². The first-order valence-corrected chi connectivity index (χ1v) is 8.40. The van der Waals surface area contributed by atoms with E-state index in [2.05, 4.69) is 44.1 Å². The molecule has 1 aromatic rings. The first-order valence-electron chi connectivity index (χ1n) is 7.61. The summed E-state index contributed by atoms with van der Waals surface area (Å²) in [5.74, 6) is 0.955. The van der Waals surface area contributed by atoms with Crippen LogP contribution >= 0.6 is 15.9 Å². The van der Waals surface area contributed by atoms with Crippen molar-refractivity contribution in [2.45, 2.75) is 52.2 Å². The van der Waals surface area contributed by atoms with Crippen molar-refractivity contribution in [3.05, 3.63) is 22.3 Å². The average molecular weight is 370 g/mol. The molecule has 1 N–H and O–H groups in total. The minimum Gasteiger partial charge on any atom is -0.444 e. The lowest BCUT2D eigenvalue weighted by atomic mass is 10.1. The number of ether oxygens (including phenoxy) is 1. The molecule has 0 radical (unpaired) electrons. The van der Waals surface area contributed by atoms with Crippen LogP contribution < -0.4 is 10.2 Å². The van der Waals surface area contributed by atoms with Gasteiger partial charge in [0.15, 0.2) is 0 Å². The molecule has 2 rings (SSSR count). The second-order valence-corrected chi connectivity index (χ2v) is 7.58. The standard InChI is InChI=1S/C16H24BrN3O2/c1-11-8-14(18-9-13(11)17)20-7-5-6-12(10-20)19-15(21)22-16(2,3)4/h8-9,12H,5-7,10H2,1-4H3,(H,19,21)/t12-/m1/s1. The Kier molecular flexibility index (Phi) is 5.32. The number of rotatable bonds is 2. The van der Waals surface area contributed by atoms with Gasteiger partial charge in [0.2, 0.25) is 0 Å². The van der Waals surface area contributed by atoms with E-state index >= 15 is 0 Å². The van der Waals surface area contributed by atoms with E-state index in [0.717, 1.165) is 41.8 Å². The van der Waals surface area contributed by atoms with Gasteiger partial charge >= 0.3 is 6.09 Å². The van der Waals surface area contributed by atoms with Crippen LogP contribution in [0.5, 0.6) is 0 Å². The van der Waals surface area contributed by atoms with Crippen molar-refractivity contribution in [1.29, 1.82) is 0 Å². The van der Waals surface area contributed by atoms with Gasteiger partial charge in [-0.2, -0.15) is 0 Å². The van der Waals surface area contributed by atoms with Crippen molar-refractivity contribution in [2.75, 3.05) is 18.0 Å². The van der Waals surface area contributed by atoms with Crippen LogP contribution in [0.4, 0.5) is 10.6 Å². The average Bonchev–Trinajstić information content (AvgIpc) is 2.40. The van der Waals surface area contributed by atoms with E-state index in [-0.39, 0.29) is 12.1 Å². The van der Waals surface area contributed by atoms with Crippen LogP contribution in [0.15, 0.2) is 16.7 Å². The topological polar surface area (TPSA) is 54.5 Å². The largest absolute Gasteiger partial charge is 0.444 e. The van der Waals surface area contributed by atoms with Crippen molar-refractivity contribution in [2.24, 2.45) is 0 Å². The van der Waals surface area contributed by atoms with E-state index in [1.807, 2.05) is 27.0 Å². The number of halogens is 1. The highest BCUT2D eigenvalue weighted by Gasteiger charge is 2.24. The molecule has 0 aliphatic carbocycles. The molecule has 1 aromatic heterocycles. The van der Waals surface area contributed by atoms with Crippen molar-refractivity contribution in [1.82, 2.24) is 10.3 Å². The highest BCUT2D eigenvalue weighted by molar-refractivity contribution is 9.10. The second kappa shape index (κ2) is 6.86. The zero-order valence-electron chi connectivity index (χ0n) is 13.6. The van der Waals surface area contributed by atoms with Gasteiger partial charge in [0.05, 0.1) is 0 Å². The summed E-state index contributed by atoms with van der Waals surface area (Å²) >= 11 is 3.47. The number of anilines is 1. The van der Waals surface area contributed by atoms with Crippen LogP contribution in [0.3, 0.4) is 0 Å². The molecular formula is C16H24BrN3O2. The molecule has 22 heavy (non-hydrogen) atoms. The Bertz CT molecular complexity index is 543. The Hall–Kier alpha value is -1.30. The van der Waals surface area contributed by atoms with Crippen LogP contribution in [-0.2, 0) is 4.74 Å². The van der Waals surface area contributed by atoms with Crippen molar-refractivity contribution in [3.8, 4) is 0 Å². The summed E-state index contributed by atoms with van der Waals surface area (Å²) in [5.41, 5.74) is 0.690. The molecule has 1 fully saturated rings. The third-order valence-corrected chi connectivity index (χ3v) is 4.33. The summed E-state index contributed by atoms with van der Waals surface area (Å²) in [5, 5.41) is 2.96. The Morgan fingerprint density at radius 3 is 2.86 bits per heavy atom. The van der Waals surface area contributed by atoms with Gasteiger partial charge in [-0.3, -0.25) is 0 Å². The summed E-state index contributed by atoms with van der Waals surface area (Å²) in [4.78, 5) is 18.6. The van der Waals surface area contributed by atoms with E-state index < -0.39 is 5.60 Å². The highest BCUT2D eigenvalue weighted by Crippen LogP contribution is 2.23. The predicted octanol–water partition coefficient (Wildman–Crippen LogP) is 3.65. The molecular weight excluding hydrogens is 346 g/mol. The zero-order valence-corrected chi connectivity index (χ0v) is 15.2. The number of carbonyl (C=O) groups excluding carboxylic acids is 1. The number of amides is 1. The predicted molar refractivity (Wildman–Crippen MR) is 91.3 cm³/mol. The lowest BCUT2D eigenvalue weighted by Gasteiger charge is -2.34. The second-order valence-electron chi connectivity index (χ2n) is 6.72. The Balaban J connectivity index is 1.96. The first-order chi connectivity index (χ1) is 10.2. The number of nitrogens with one attached hydrogen (secondary N) is 1. The number of aromatic nitrogens is 1. The molecule has 0 bridgehead atoms. The lowest BCUT2D eigenvalue weighted by molar-refractivity contribution is 0.0500. The van der Waals surface area contributed by atoms with Crippen molar-refractivity contribution >= 4 is 27.8 Å². The number of carbonyl (C=O) groups is 1. The lowest BCUT2D eigenvalue weighted by Crippen LogP contribution is -2.49. The molecule has 1 aliphatic heterocycles. The van der Waals surface area contributed by atoms with Gasteiger partial charge in [0.25, 0.3) is 0 Å². The Morgan fingerprint density at radius 1 is 1.50 bits per heavy atom. The van der Waals surface area contributed by atoms with E-state index in [1.165, 1.54) is 0 Å². The van der Waals surface area contributed by atoms with Gasteiger partial charge in [-0.15, -0.1) is 0 Å². The maximum atomic E-state index is 11.9. The maximum Gasteiger partial charge on any atom is 0.407 e. The number of nitrogens with zero attached hydrogens (tertiary/aromatic N) is 2. The zero-order chi connectivity index (χ0) is 16.3. The number of aryl methyl sites for hydroxylation is 1. The summed E-state index contributed by atoms with van der Waals surface area (Å²) in [6.45, 7) is 9.38. The molecule has 1 aliphatic rings. The van der Waals surface area contributed by atoms with Crippen molar-refractivity contribution in [3.63, 3.8) is 0 Å². The molecule has 5 nitrogen and oxygen atoms in total. The monoisotopic (exact) mass is 369 g/mol. The fourth-order valence-electron chi connectivity index (χ4n) is 2.47. The molecule has 1 atom stereocenters. The van der Waals surface area contributed by atoms with Gasteiger partial charge in [-0.25, -0.2) is 9.78 Å². The molecule has 1 amide bonds. The van der Waals surface area contributed by atoms with Crippen LogP contribution in [0, 0.1) is 6.92 Å². The van der Waals surface area contributed by atoms with Crippen LogP contribution in [0.1, 0.15) is 39.2 Å². The smallest absolute Gasteiger partial charge is 0.407 e. The third-order valence-electron chi connectivity index (χ3n) is 3.50. The van der Waals surface area contributed by atoms with E-state index in [4.69, 9.17) is 4.74 Å². The summed E-state index contributed by atoms with van der Waals surface area (Å²) < 4.78 is 6.34. The molecule has 0 unspecified atom stereocenters. The summed E-state index contributed by atoms with van der Waals surface area (Å²) in [6.07, 6.45) is 3.47. The van der Waals surface area contributed by atoms with Gasteiger partial charge in [-0.05, 0) is 68.1 Å². The summed E-state index contributed by atoms with van der Waals surface area (Å²) in [6, 6.07) is 2.16. The number of hydrogen-bond acceptors (Lipinski definition) is 4. The molecule has 0 saturated carbocycles. The Labute approximate surface area is 140 Å². The quantitative estimate of drug-likeness (QED) is 0.864. The van der Waals surface area contributed by atoms with Crippen molar-refractivity contribution < 1.29 is 9.53 Å². The molecule has 6 heteroatoms. The minimum absolute atomic E-state index is 0.0920. The van der Waals surface area contributed by atoms with Crippen LogP contribution in [0.25, 0.3) is 0 Å².